The summed E-state index contributed by atoms with van der Waals surface area (Å²) < 4.78 is 0. The van der Waals surface area contributed by atoms with E-state index in [9.17, 15) is 0 Å². The molecule has 0 spiro atoms. The van der Waals surface area contributed by atoms with Gasteiger partial charge in [-0.05, 0) is 0 Å². The molecule has 0 bridgehead atoms. The first-order chi connectivity index (χ1) is 4.63. The van der Waals surface area contributed by atoms with E-state index in [1.165, 1.54) is 0 Å². The predicted octanol–water partition coefficient (Wildman–Crippen LogP) is 0.0314. The van der Waals surface area contributed by atoms with Gasteiger partial charge >= 0.3 is 0 Å². The van der Waals surface area contributed by atoms with Crippen LogP contribution in [0.5, 0.6) is 0 Å². The molecule has 10 heavy (non-hydrogen) atoms. The summed E-state index contributed by atoms with van der Waals surface area (Å²) in [5, 5.41) is 0. The average molecular weight is 136 g/mol. The van der Waals surface area contributed by atoms with Gasteiger partial charge in [0.15, 0.2) is 0 Å². The molecule has 0 N–H and O–H groups in total. The highest BCUT2D eigenvalue weighted by Gasteiger charge is 1.70. The lowest BCUT2D eigenvalue weighted by Crippen LogP contribution is -2.01. The predicted molar refractivity (Wildman–Crippen MR) is 42.9 cm³/mol. The third kappa shape index (κ3) is 6.72. The zero-order valence-corrected chi connectivity index (χ0v) is 6.89. The second-order valence-electron chi connectivity index (χ2n) is 2.26. The Bertz CT molecular complexity index is 171. The van der Waals surface area contributed by atoms with Gasteiger partial charge in [-0.3, -0.25) is 0 Å². The van der Waals surface area contributed by atoms with Gasteiger partial charge in [-0.2, -0.15) is 0 Å². The normalized spacial score (nSPS) is 6.40. The minimum absolute atomic E-state index is 1.77. The molecule has 0 atom stereocenters. The maximum atomic E-state index is 2.78. The third-order valence-corrected chi connectivity index (χ3v) is 0.622. The van der Waals surface area contributed by atoms with Crippen molar-refractivity contribution in [1.29, 1.82) is 0 Å². The van der Waals surface area contributed by atoms with Crippen molar-refractivity contribution in [1.82, 2.24) is 9.80 Å². The molecule has 0 aliphatic heterocycles. The molecule has 0 rings (SSSR count). The van der Waals surface area contributed by atoms with Gasteiger partial charge in [0, 0.05) is 52.1 Å². The molecule has 0 saturated carbocycles. The fourth-order valence-corrected chi connectivity index (χ4v) is 0.280. The summed E-state index contributed by atoms with van der Waals surface area (Å²) in [6.07, 6.45) is 0. The summed E-state index contributed by atoms with van der Waals surface area (Å²) in [5.74, 6) is 5.38. The standard InChI is InChI=1S/C8H12N2/c1-9(2)7-5-6-8-10(3)4/h1-4H3. The summed E-state index contributed by atoms with van der Waals surface area (Å²) in [6, 6.07) is 5.57. The second-order valence-corrected chi connectivity index (χ2v) is 2.26. The van der Waals surface area contributed by atoms with Crippen LogP contribution in [0, 0.1) is 23.9 Å². The minimum atomic E-state index is 1.77. The summed E-state index contributed by atoms with van der Waals surface area (Å²) >= 11 is 0. The zero-order valence-electron chi connectivity index (χ0n) is 6.89. The molecule has 0 aliphatic carbocycles. The van der Waals surface area contributed by atoms with E-state index in [1.54, 1.807) is 9.80 Å². The lowest BCUT2D eigenvalue weighted by atomic mass is 10.6. The van der Waals surface area contributed by atoms with Crippen LogP contribution in [-0.2, 0) is 0 Å². The van der Waals surface area contributed by atoms with Crippen molar-refractivity contribution in [3.8, 4) is 23.9 Å². The first kappa shape index (κ1) is 8.72. The van der Waals surface area contributed by atoms with E-state index in [0.717, 1.165) is 0 Å². The van der Waals surface area contributed by atoms with E-state index in [2.05, 4.69) is 23.9 Å². The molecule has 0 fully saturated rings. The van der Waals surface area contributed by atoms with Crippen molar-refractivity contribution in [2.75, 3.05) is 28.2 Å². The van der Waals surface area contributed by atoms with Crippen LogP contribution in [0.15, 0.2) is 0 Å². The van der Waals surface area contributed by atoms with Crippen molar-refractivity contribution < 1.29 is 0 Å². The lowest BCUT2D eigenvalue weighted by molar-refractivity contribution is 0.595. The molecule has 0 heterocycles. The largest absolute Gasteiger partial charge is 0.338 e. The Hall–Kier alpha value is -1.28. The molecule has 2 heteroatoms. The van der Waals surface area contributed by atoms with E-state index in [-0.39, 0.29) is 0 Å². The highest BCUT2D eigenvalue weighted by atomic mass is 15.0. The van der Waals surface area contributed by atoms with Gasteiger partial charge in [0.1, 0.15) is 0 Å². The highest BCUT2D eigenvalue weighted by Crippen LogP contribution is 1.65. The molecular formula is C8H12N2. The molecule has 0 aromatic heterocycles. The van der Waals surface area contributed by atoms with Crippen molar-refractivity contribution in [3.05, 3.63) is 0 Å². The fraction of sp³-hybridized carbons (Fsp3) is 0.500. The zero-order chi connectivity index (χ0) is 7.98. The molecule has 2 nitrogen and oxygen atoms in total. The van der Waals surface area contributed by atoms with E-state index in [4.69, 9.17) is 0 Å². The molecule has 0 aromatic rings. The van der Waals surface area contributed by atoms with Crippen LogP contribution in [-0.4, -0.2) is 38.0 Å². The van der Waals surface area contributed by atoms with Crippen LogP contribution in [0.3, 0.4) is 0 Å². The van der Waals surface area contributed by atoms with E-state index < -0.39 is 0 Å². The first-order valence-electron chi connectivity index (χ1n) is 2.99. The Labute approximate surface area is 62.8 Å². The molecule has 0 unspecified atom stereocenters. The van der Waals surface area contributed by atoms with E-state index >= 15 is 0 Å². The number of rotatable bonds is 0. The van der Waals surface area contributed by atoms with Crippen molar-refractivity contribution in [2.24, 2.45) is 0 Å². The van der Waals surface area contributed by atoms with Crippen molar-refractivity contribution in [3.63, 3.8) is 0 Å². The smallest absolute Gasteiger partial charge is 0.0211 e. The maximum absolute atomic E-state index is 2.78. The SMILES string of the molecule is CN(C)C#CC#CN(C)C. The Morgan fingerprint density at radius 3 is 1.20 bits per heavy atom. The lowest BCUT2D eigenvalue weighted by Gasteiger charge is -1.96. The Kier molecular flexibility index (Phi) is 4.00. The van der Waals surface area contributed by atoms with Gasteiger partial charge in [-0.25, -0.2) is 0 Å². The van der Waals surface area contributed by atoms with Gasteiger partial charge in [0.25, 0.3) is 0 Å². The number of nitrogens with zero attached hydrogens (tertiary/aromatic N) is 2. The van der Waals surface area contributed by atoms with Gasteiger partial charge in [0.05, 0.1) is 0 Å². The van der Waals surface area contributed by atoms with Crippen LogP contribution in [0.2, 0.25) is 0 Å². The van der Waals surface area contributed by atoms with Crippen LogP contribution in [0.4, 0.5) is 0 Å². The van der Waals surface area contributed by atoms with Crippen LogP contribution in [0.25, 0.3) is 0 Å². The molecule has 0 aromatic carbocycles. The van der Waals surface area contributed by atoms with Gasteiger partial charge in [-0.1, -0.05) is 0 Å². The summed E-state index contributed by atoms with van der Waals surface area (Å²) in [5.41, 5.74) is 0. The number of hydrogen-bond acceptors (Lipinski definition) is 2. The summed E-state index contributed by atoms with van der Waals surface area (Å²) in [4.78, 5) is 3.54. The Morgan fingerprint density at radius 2 is 1.00 bits per heavy atom. The molecule has 0 amide bonds. The topological polar surface area (TPSA) is 6.48 Å². The summed E-state index contributed by atoms with van der Waals surface area (Å²) in [7, 11) is 7.52. The van der Waals surface area contributed by atoms with Crippen molar-refractivity contribution in [2.45, 2.75) is 0 Å². The molecule has 0 aliphatic rings. The molecule has 0 saturated heterocycles. The van der Waals surface area contributed by atoms with Crippen molar-refractivity contribution >= 4 is 0 Å². The van der Waals surface area contributed by atoms with Crippen LogP contribution in [0.1, 0.15) is 0 Å². The quantitative estimate of drug-likeness (QED) is 0.342. The first-order valence-corrected chi connectivity index (χ1v) is 2.99. The van der Waals surface area contributed by atoms with Crippen LogP contribution >= 0.6 is 0 Å². The van der Waals surface area contributed by atoms with Gasteiger partial charge in [0.2, 0.25) is 0 Å². The fourth-order valence-electron chi connectivity index (χ4n) is 0.280. The minimum Gasteiger partial charge on any atom is -0.338 e. The van der Waals surface area contributed by atoms with Crippen LogP contribution < -0.4 is 0 Å². The van der Waals surface area contributed by atoms with E-state index in [0.29, 0.717) is 0 Å². The Balaban J connectivity index is 3.78. The second kappa shape index (κ2) is 4.58. The highest BCUT2D eigenvalue weighted by molar-refractivity contribution is 5.24. The monoisotopic (exact) mass is 136 g/mol. The molecule has 0 radical (unpaired) electrons. The van der Waals surface area contributed by atoms with Gasteiger partial charge < -0.3 is 9.80 Å². The Morgan fingerprint density at radius 1 is 0.700 bits per heavy atom. The molecule has 54 valence electrons. The maximum Gasteiger partial charge on any atom is 0.0211 e. The molecular weight excluding hydrogens is 124 g/mol. The third-order valence-electron chi connectivity index (χ3n) is 0.622. The summed E-state index contributed by atoms with van der Waals surface area (Å²) in [6.45, 7) is 0. The van der Waals surface area contributed by atoms with E-state index in [1.807, 2.05) is 28.2 Å². The average Bonchev–Trinajstić information content (AvgIpc) is 1.79. The number of hydrogen-bond donors (Lipinski definition) is 0. The van der Waals surface area contributed by atoms with Gasteiger partial charge in [-0.15, -0.1) is 0 Å².